The summed E-state index contributed by atoms with van der Waals surface area (Å²) in [5, 5.41) is 14.7. The summed E-state index contributed by atoms with van der Waals surface area (Å²) < 4.78 is 0. The molecule has 5 heteroatoms. The highest BCUT2D eigenvalue weighted by Crippen LogP contribution is 2.10. The van der Waals surface area contributed by atoms with Gasteiger partial charge in [0.25, 0.3) is 0 Å². The van der Waals surface area contributed by atoms with Crippen LogP contribution in [0.4, 0.5) is 4.79 Å². The molecule has 0 aliphatic rings. The second kappa shape index (κ2) is 8.55. The van der Waals surface area contributed by atoms with Crippen LogP contribution < -0.4 is 10.6 Å². The van der Waals surface area contributed by atoms with Gasteiger partial charge in [0.1, 0.15) is 0 Å². The minimum absolute atomic E-state index is 0.203. The van der Waals surface area contributed by atoms with E-state index in [2.05, 4.69) is 21.6 Å². The maximum atomic E-state index is 11.6. The fourth-order valence-corrected chi connectivity index (χ4v) is 1.86. The maximum Gasteiger partial charge on any atom is 0.315 e. The number of benzene rings is 1. The van der Waals surface area contributed by atoms with Gasteiger partial charge in [0, 0.05) is 19.6 Å². The molecular weight excluding hydrogens is 254 g/mol. The SMILES string of the molecule is CC(O)CCNC(=O)NCc1ccccc1CN(C)C. The van der Waals surface area contributed by atoms with E-state index in [1.165, 1.54) is 5.56 Å². The molecule has 0 aromatic heterocycles. The topological polar surface area (TPSA) is 64.6 Å². The van der Waals surface area contributed by atoms with Crippen molar-refractivity contribution >= 4 is 6.03 Å². The fourth-order valence-electron chi connectivity index (χ4n) is 1.86. The smallest absolute Gasteiger partial charge is 0.315 e. The van der Waals surface area contributed by atoms with Crippen molar-refractivity contribution in [3.8, 4) is 0 Å². The zero-order valence-corrected chi connectivity index (χ0v) is 12.5. The Kier molecular flexibility index (Phi) is 7.04. The first-order valence-electron chi connectivity index (χ1n) is 6.90. The third-order valence-electron chi connectivity index (χ3n) is 2.89. The van der Waals surface area contributed by atoms with Crippen LogP contribution in [0.3, 0.4) is 0 Å². The molecule has 0 saturated carbocycles. The fraction of sp³-hybridized carbons (Fsp3) is 0.533. The Morgan fingerprint density at radius 2 is 1.90 bits per heavy atom. The van der Waals surface area contributed by atoms with Gasteiger partial charge in [-0.05, 0) is 38.6 Å². The van der Waals surface area contributed by atoms with Gasteiger partial charge in [-0.15, -0.1) is 0 Å². The van der Waals surface area contributed by atoms with Crippen molar-refractivity contribution in [3.05, 3.63) is 35.4 Å². The monoisotopic (exact) mass is 279 g/mol. The predicted molar refractivity (Wildman–Crippen MR) is 80.4 cm³/mol. The Balaban J connectivity index is 2.42. The zero-order valence-electron chi connectivity index (χ0n) is 12.5. The molecule has 1 unspecified atom stereocenters. The molecule has 0 aliphatic heterocycles. The number of hydrogen-bond acceptors (Lipinski definition) is 3. The lowest BCUT2D eigenvalue weighted by atomic mass is 10.1. The van der Waals surface area contributed by atoms with E-state index in [0.717, 1.165) is 12.1 Å². The lowest BCUT2D eigenvalue weighted by Gasteiger charge is -2.15. The van der Waals surface area contributed by atoms with Gasteiger partial charge in [0.15, 0.2) is 0 Å². The molecule has 1 aromatic carbocycles. The number of carbonyl (C=O) groups excluding carboxylic acids is 1. The van der Waals surface area contributed by atoms with Crippen LogP contribution in [-0.4, -0.2) is 42.8 Å². The summed E-state index contributed by atoms with van der Waals surface area (Å²) in [5.74, 6) is 0. The van der Waals surface area contributed by atoms with Crippen LogP contribution in [0.15, 0.2) is 24.3 Å². The minimum Gasteiger partial charge on any atom is -0.393 e. The van der Waals surface area contributed by atoms with E-state index in [4.69, 9.17) is 5.11 Å². The highest BCUT2D eigenvalue weighted by Gasteiger charge is 2.05. The Morgan fingerprint density at radius 3 is 2.50 bits per heavy atom. The lowest BCUT2D eigenvalue weighted by Crippen LogP contribution is -2.36. The largest absolute Gasteiger partial charge is 0.393 e. The van der Waals surface area contributed by atoms with Crippen molar-refractivity contribution in [1.29, 1.82) is 0 Å². The highest BCUT2D eigenvalue weighted by atomic mass is 16.3. The van der Waals surface area contributed by atoms with Crippen LogP contribution in [-0.2, 0) is 13.1 Å². The number of aliphatic hydroxyl groups is 1. The molecule has 1 rings (SSSR count). The molecule has 0 radical (unpaired) electrons. The number of urea groups is 1. The van der Waals surface area contributed by atoms with Crippen LogP contribution in [0.2, 0.25) is 0 Å². The number of rotatable bonds is 7. The number of nitrogens with one attached hydrogen (secondary N) is 2. The number of hydrogen-bond donors (Lipinski definition) is 3. The molecule has 0 bridgehead atoms. The summed E-state index contributed by atoms with van der Waals surface area (Å²) >= 11 is 0. The van der Waals surface area contributed by atoms with E-state index in [1.54, 1.807) is 6.92 Å². The Hall–Kier alpha value is -1.59. The van der Waals surface area contributed by atoms with Crippen molar-refractivity contribution in [1.82, 2.24) is 15.5 Å². The zero-order chi connectivity index (χ0) is 15.0. The Morgan fingerprint density at radius 1 is 1.25 bits per heavy atom. The minimum atomic E-state index is -0.392. The van der Waals surface area contributed by atoms with Crippen molar-refractivity contribution in [2.75, 3.05) is 20.6 Å². The van der Waals surface area contributed by atoms with Crippen molar-refractivity contribution in [2.24, 2.45) is 0 Å². The molecule has 0 aliphatic carbocycles. The van der Waals surface area contributed by atoms with Gasteiger partial charge in [0.2, 0.25) is 0 Å². The molecule has 0 heterocycles. The predicted octanol–water partition coefficient (Wildman–Crippen LogP) is 1.32. The van der Waals surface area contributed by atoms with Gasteiger partial charge in [-0.2, -0.15) is 0 Å². The van der Waals surface area contributed by atoms with Gasteiger partial charge < -0.3 is 20.6 Å². The quantitative estimate of drug-likeness (QED) is 0.705. The van der Waals surface area contributed by atoms with Crippen LogP contribution in [0.5, 0.6) is 0 Å². The standard InChI is InChI=1S/C15H25N3O2/c1-12(19)8-9-16-15(20)17-10-13-6-4-5-7-14(13)11-18(2)3/h4-7,12,19H,8-11H2,1-3H3,(H2,16,17,20). The van der Waals surface area contributed by atoms with E-state index >= 15 is 0 Å². The first kappa shape index (κ1) is 16.5. The number of amides is 2. The van der Waals surface area contributed by atoms with E-state index in [9.17, 15) is 4.79 Å². The third kappa shape index (κ3) is 6.54. The van der Waals surface area contributed by atoms with E-state index in [-0.39, 0.29) is 6.03 Å². The first-order chi connectivity index (χ1) is 9.49. The molecule has 3 N–H and O–H groups in total. The molecule has 1 aromatic rings. The van der Waals surface area contributed by atoms with Crippen LogP contribution in [0.25, 0.3) is 0 Å². The van der Waals surface area contributed by atoms with E-state index in [0.29, 0.717) is 19.5 Å². The molecular formula is C15H25N3O2. The summed E-state index contributed by atoms with van der Waals surface area (Å²) in [5.41, 5.74) is 2.33. The van der Waals surface area contributed by atoms with Gasteiger partial charge >= 0.3 is 6.03 Å². The third-order valence-corrected chi connectivity index (χ3v) is 2.89. The van der Waals surface area contributed by atoms with Crippen molar-refractivity contribution < 1.29 is 9.90 Å². The molecule has 112 valence electrons. The number of aliphatic hydroxyl groups excluding tert-OH is 1. The average molecular weight is 279 g/mol. The van der Waals surface area contributed by atoms with Crippen LogP contribution in [0.1, 0.15) is 24.5 Å². The Labute approximate surface area is 121 Å². The normalized spacial score (nSPS) is 12.2. The highest BCUT2D eigenvalue weighted by molar-refractivity contribution is 5.73. The summed E-state index contributed by atoms with van der Waals surface area (Å²) in [4.78, 5) is 13.7. The molecule has 2 amide bonds. The molecule has 20 heavy (non-hydrogen) atoms. The molecule has 5 nitrogen and oxygen atoms in total. The van der Waals surface area contributed by atoms with Gasteiger partial charge in [-0.1, -0.05) is 24.3 Å². The molecule has 1 atom stereocenters. The average Bonchev–Trinajstić information content (AvgIpc) is 2.36. The lowest BCUT2D eigenvalue weighted by molar-refractivity contribution is 0.183. The second-order valence-electron chi connectivity index (χ2n) is 5.25. The number of carbonyl (C=O) groups is 1. The summed E-state index contributed by atoms with van der Waals surface area (Å²) in [6.45, 7) is 3.53. The van der Waals surface area contributed by atoms with E-state index < -0.39 is 6.10 Å². The second-order valence-corrected chi connectivity index (χ2v) is 5.25. The van der Waals surface area contributed by atoms with Crippen LogP contribution >= 0.6 is 0 Å². The maximum absolute atomic E-state index is 11.6. The van der Waals surface area contributed by atoms with Gasteiger partial charge in [-0.25, -0.2) is 4.79 Å². The first-order valence-corrected chi connectivity index (χ1v) is 6.90. The van der Waals surface area contributed by atoms with E-state index in [1.807, 2.05) is 32.3 Å². The van der Waals surface area contributed by atoms with Crippen molar-refractivity contribution in [3.63, 3.8) is 0 Å². The van der Waals surface area contributed by atoms with Crippen molar-refractivity contribution in [2.45, 2.75) is 32.5 Å². The number of nitrogens with zero attached hydrogens (tertiary/aromatic N) is 1. The molecule has 0 saturated heterocycles. The van der Waals surface area contributed by atoms with Gasteiger partial charge in [0.05, 0.1) is 6.10 Å². The van der Waals surface area contributed by atoms with Gasteiger partial charge in [-0.3, -0.25) is 0 Å². The van der Waals surface area contributed by atoms with Crippen LogP contribution in [0, 0.1) is 0 Å². The summed E-state index contributed by atoms with van der Waals surface area (Å²) in [7, 11) is 4.04. The Bertz CT molecular complexity index is 419. The molecule has 0 fully saturated rings. The summed E-state index contributed by atoms with van der Waals surface area (Å²) in [6.07, 6.45) is 0.168. The molecule has 0 spiro atoms. The summed E-state index contributed by atoms with van der Waals surface area (Å²) in [6, 6.07) is 7.87.